The van der Waals surface area contributed by atoms with Gasteiger partial charge < -0.3 is 5.32 Å². The van der Waals surface area contributed by atoms with Crippen LogP contribution in [0.3, 0.4) is 0 Å². The molecule has 0 spiro atoms. The number of aromatic nitrogens is 2. The molecule has 1 N–H and O–H groups in total. The van der Waals surface area contributed by atoms with Crippen LogP contribution in [0.4, 0.5) is 5.82 Å². The molecule has 1 aromatic heterocycles. The predicted octanol–water partition coefficient (Wildman–Crippen LogP) is 3.06. The van der Waals surface area contributed by atoms with Crippen LogP contribution >= 0.6 is 0 Å². The van der Waals surface area contributed by atoms with Crippen molar-refractivity contribution in [3.63, 3.8) is 0 Å². The molecule has 126 valence electrons. The first-order chi connectivity index (χ1) is 12.1. The van der Waals surface area contributed by atoms with Crippen LogP contribution in [0.1, 0.15) is 29.2 Å². The Morgan fingerprint density at radius 2 is 1.92 bits per heavy atom. The highest BCUT2D eigenvalue weighted by molar-refractivity contribution is 7.91. The molecule has 25 heavy (non-hydrogen) atoms. The molecule has 2 aliphatic rings. The van der Waals surface area contributed by atoms with Gasteiger partial charge in [-0.1, -0.05) is 24.3 Å². The molecule has 3 aromatic rings. The van der Waals surface area contributed by atoms with E-state index in [0.29, 0.717) is 11.3 Å². The third-order valence-corrected chi connectivity index (χ3v) is 7.06. The number of anilines is 1. The molecule has 2 aromatic carbocycles. The lowest BCUT2D eigenvalue weighted by atomic mass is 10.1. The second-order valence-corrected chi connectivity index (χ2v) is 8.74. The minimum absolute atomic E-state index is 0.169. The van der Waals surface area contributed by atoms with Gasteiger partial charge in [-0.25, -0.2) is 18.4 Å². The number of hydrogen-bond acceptors (Lipinski definition) is 5. The molecular weight excluding hydrogens is 334 g/mol. The monoisotopic (exact) mass is 351 g/mol. The Morgan fingerprint density at radius 1 is 1.04 bits per heavy atom. The summed E-state index contributed by atoms with van der Waals surface area (Å²) in [6, 6.07) is 12.1. The van der Waals surface area contributed by atoms with Crippen molar-refractivity contribution in [1.82, 2.24) is 9.97 Å². The van der Waals surface area contributed by atoms with Crippen molar-refractivity contribution in [2.24, 2.45) is 0 Å². The van der Waals surface area contributed by atoms with Crippen molar-refractivity contribution in [3.8, 4) is 0 Å². The molecule has 1 aliphatic heterocycles. The van der Waals surface area contributed by atoms with E-state index in [0.717, 1.165) is 35.1 Å². The molecule has 0 unspecified atom stereocenters. The third-order valence-electron chi connectivity index (χ3n) is 5.27. The number of hydrogen-bond donors (Lipinski definition) is 1. The van der Waals surface area contributed by atoms with Crippen molar-refractivity contribution in [2.75, 3.05) is 11.1 Å². The van der Waals surface area contributed by atoms with E-state index in [4.69, 9.17) is 0 Å². The van der Waals surface area contributed by atoms with E-state index in [1.807, 2.05) is 0 Å². The van der Waals surface area contributed by atoms with Crippen LogP contribution in [0.15, 0.2) is 47.6 Å². The van der Waals surface area contributed by atoms with Gasteiger partial charge in [0.1, 0.15) is 12.1 Å². The Morgan fingerprint density at radius 3 is 2.84 bits per heavy atom. The quantitative estimate of drug-likeness (QED) is 0.768. The zero-order valence-corrected chi connectivity index (χ0v) is 14.4. The van der Waals surface area contributed by atoms with Crippen molar-refractivity contribution in [1.29, 1.82) is 0 Å². The standard InChI is InChI=1S/C19H17N3O2S/c23-25(24)10-9-14-17(25)8-7-16-18(14)19(21-11-20-16)22-15-6-5-12-3-1-2-4-13(12)15/h1-4,7-8,11,15H,5-6,9-10H2,(H,20,21,22)/t15-/m1/s1. The van der Waals surface area contributed by atoms with Crippen molar-refractivity contribution in [3.05, 3.63) is 59.4 Å². The molecule has 2 heterocycles. The SMILES string of the molecule is O=S1(=O)CCc2c1ccc1ncnc(N[C@@H]3CCc4ccccc43)c21. The topological polar surface area (TPSA) is 72.0 Å². The Labute approximate surface area is 146 Å². The van der Waals surface area contributed by atoms with Gasteiger partial charge in [0.05, 0.1) is 22.2 Å². The first-order valence-electron chi connectivity index (χ1n) is 8.47. The molecule has 0 saturated heterocycles. The summed E-state index contributed by atoms with van der Waals surface area (Å²) in [5.41, 5.74) is 4.31. The molecule has 0 bridgehead atoms. The molecule has 6 heteroatoms. The molecule has 0 amide bonds. The Bertz CT molecular complexity index is 1110. The van der Waals surface area contributed by atoms with E-state index in [9.17, 15) is 8.42 Å². The number of sulfone groups is 1. The highest BCUT2D eigenvalue weighted by atomic mass is 32.2. The van der Waals surface area contributed by atoms with Gasteiger partial charge in [0.2, 0.25) is 0 Å². The van der Waals surface area contributed by atoms with E-state index < -0.39 is 9.84 Å². The fourth-order valence-electron chi connectivity index (χ4n) is 4.07. The van der Waals surface area contributed by atoms with Gasteiger partial charge >= 0.3 is 0 Å². The maximum Gasteiger partial charge on any atom is 0.179 e. The second-order valence-electron chi connectivity index (χ2n) is 6.66. The predicted molar refractivity (Wildman–Crippen MR) is 96.4 cm³/mol. The van der Waals surface area contributed by atoms with Crippen molar-refractivity contribution < 1.29 is 8.42 Å². The molecule has 1 atom stereocenters. The summed E-state index contributed by atoms with van der Waals surface area (Å²) in [5, 5.41) is 4.40. The van der Waals surface area contributed by atoms with Crippen LogP contribution in [0.25, 0.3) is 10.9 Å². The first-order valence-corrected chi connectivity index (χ1v) is 10.1. The lowest BCUT2D eigenvalue weighted by Gasteiger charge is -2.17. The number of fused-ring (bicyclic) bond motifs is 4. The maximum atomic E-state index is 12.3. The molecule has 5 nitrogen and oxygen atoms in total. The zero-order chi connectivity index (χ0) is 17.0. The molecule has 0 fully saturated rings. The molecule has 0 radical (unpaired) electrons. The van der Waals surface area contributed by atoms with Gasteiger partial charge in [-0.2, -0.15) is 0 Å². The molecule has 0 saturated carbocycles. The average Bonchev–Trinajstić information content (AvgIpc) is 3.16. The average molecular weight is 351 g/mol. The van der Waals surface area contributed by atoms with E-state index in [1.54, 1.807) is 18.5 Å². The number of nitrogens with one attached hydrogen (secondary N) is 1. The van der Waals surface area contributed by atoms with Crippen LogP contribution < -0.4 is 5.32 Å². The van der Waals surface area contributed by atoms with Gasteiger partial charge in [0.25, 0.3) is 0 Å². The Kier molecular flexibility index (Phi) is 3.12. The number of rotatable bonds is 2. The Hall–Kier alpha value is -2.47. The van der Waals surface area contributed by atoms with Gasteiger partial charge in [0.15, 0.2) is 9.84 Å². The zero-order valence-electron chi connectivity index (χ0n) is 13.6. The summed E-state index contributed by atoms with van der Waals surface area (Å²) < 4.78 is 24.5. The van der Waals surface area contributed by atoms with Gasteiger partial charge in [-0.15, -0.1) is 0 Å². The van der Waals surface area contributed by atoms with Crippen LogP contribution in [0.5, 0.6) is 0 Å². The minimum Gasteiger partial charge on any atom is -0.363 e. The van der Waals surface area contributed by atoms with Crippen molar-refractivity contribution >= 4 is 26.6 Å². The van der Waals surface area contributed by atoms with E-state index >= 15 is 0 Å². The van der Waals surface area contributed by atoms with Crippen LogP contribution in [0.2, 0.25) is 0 Å². The minimum atomic E-state index is -3.17. The number of benzene rings is 2. The normalized spacial score (nSPS) is 20.4. The smallest absolute Gasteiger partial charge is 0.179 e. The van der Waals surface area contributed by atoms with Gasteiger partial charge in [0, 0.05) is 5.39 Å². The summed E-state index contributed by atoms with van der Waals surface area (Å²) >= 11 is 0. The Balaban J connectivity index is 1.65. The highest BCUT2D eigenvalue weighted by Gasteiger charge is 2.30. The van der Waals surface area contributed by atoms with Crippen LogP contribution in [-0.2, 0) is 22.7 Å². The van der Waals surface area contributed by atoms with Gasteiger partial charge in [-0.05, 0) is 48.1 Å². The van der Waals surface area contributed by atoms with E-state index in [-0.39, 0.29) is 11.8 Å². The lowest BCUT2D eigenvalue weighted by molar-refractivity contribution is 0.600. The third kappa shape index (κ3) is 2.24. The second kappa shape index (κ2) is 5.26. The fourth-order valence-corrected chi connectivity index (χ4v) is 5.62. The fraction of sp³-hybridized carbons (Fsp3) is 0.263. The number of aryl methyl sites for hydroxylation is 2. The number of nitrogens with zero attached hydrogens (tertiary/aromatic N) is 2. The molecule has 5 rings (SSSR count). The lowest BCUT2D eigenvalue weighted by Crippen LogP contribution is -2.10. The summed E-state index contributed by atoms with van der Waals surface area (Å²) in [5.74, 6) is 0.905. The van der Waals surface area contributed by atoms with Gasteiger partial charge in [-0.3, -0.25) is 0 Å². The summed E-state index contributed by atoms with van der Waals surface area (Å²) in [6.45, 7) is 0. The molecule has 1 aliphatic carbocycles. The summed E-state index contributed by atoms with van der Waals surface area (Å²) in [7, 11) is -3.17. The largest absolute Gasteiger partial charge is 0.363 e. The maximum absolute atomic E-state index is 12.3. The summed E-state index contributed by atoms with van der Waals surface area (Å²) in [4.78, 5) is 9.23. The first kappa shape index (κ1) is 14.8. The van der Waals surface area contributed by atoms with E-state index in [2.05, 4.69) is 39.6 Å². The van der Waals surface area contributed by atoms with Crippen LogP contribution in [0, 0.1) is 0 Å². The summed E-state index contributed by atoms with van der Waals surface area (Å²) in [6.07, 6.45) is 4.13. The highest BCUT2D eigenvalue weighted by Crippen LogP contribution is 2.38. The molecular formula is C19H17N3O2S. The van der Waals surface area contributed by atoms with Crippen molar-refractivity contribution in [2.45, 2.75) is 30.2 Å². The van der Waals surface area contributed by atoms with E-state index in [1.165, 1.54) is 11.1 Å². The van der Waals surface area contributed by atoms with Crippen LogP contribution in [-0.4, -0.2) is 24.1 Å².